The number of nitriles is 1. The average molecular weight is 544 g/mol. The van der Waals surface area contributed by atoms with Gasteiger partial charge in [0, 0.05) is 42.7 Å². The Morgan fingerprint density at radius 1 is 0.923 bits per heavy atom. The lowest BCUT2D eigenvalue weighted by Gasteiger charge is -2.18. The quantitative estimate of drug-likeness (QED) is 0.204. The molecule has 7 nitrogen and oxygen atoms in total. The lowest BCUT2D eigenvalue weighted by molar-refractivity contribution is 0.282. The third-order valence-corrected chi connectivity index (χ3v) is 6.76. The number of hydrogen-bond donors (Lipinski definition) is 3. The van der Waals surface area contributed by atoms with Crippen LogP contribution in [0.15, 0.2) is 67.0 Å². The van der Waals surface area contributed by atoms with Crippen molar-refractivity contribution in [3.05, 3.63) is 105 Å². The number of aromatic hydroxyl groups is 1. The molecule has 200 valence electrons. The van der Waals surface area contributed by atoms with E-state index < -0.39 is 0 Å². The van der Waals surface area contributed by atoms with Gasteiger partial charge in [0.2, 0.25) is 0 Å². The molecule has 39 heavy (non-hydrogen) atoms. The van der Waals surface area contributed by atoms with Gasteiger partial charge in [-0.25, -0.2) is 0 Å². The number of aliphatic hydroxyl groups excluding tert-OH is 1. The van der Waals surface area contributed by atoms with Gasteiger partial charge in [-0.05, 0) is 59.9 Å². The molecule has 0 unspecified atom stereocenters. The van der Waals surface area contributed by atoms with Crippen molar-refractivity contribution in [2.24, 2.45) is 0 Å². The molecule has 0 aliphatic carbocycles. The highest BCUT2D eigenvalue weighted by Gasteiger charge is 2.15. The molecule has 0 bridgehead atoms. The highest BCUT2D eigenvalue weighted by atomic mass is 35.5. The third kappa shape index (κ3) is 6.87. The summed E-state index contributed by atoms with van der Waals surface area (Å²) in [7, 11) is 0. The van der Waals surface area contributed by atoms with Gasteiger partial charge in [0.25, 0.3) is 0 Å². The van der Waals surface area contributed by atoms with Gasteiger partial charge in [0.15, 0.2) is 0 Å². The number of aromatic nitrogens is 1. The lowest BCUT2D eigenvalue weighted by Crippen LogP contribution is -2.18. The molecule has 3 N–H and O–H groups in total. The maximum absolute atomic E-state index is 10.2. The number of nitrogens with zero attached hydrogens (tertiary/aromatic N) is 2. The Morgan fingerprint density at radius 2 is 1.67 bits per heavy atom. The largest absolute Gasteiger partial charge is 0.508 e. The van der Waals surface area contributed by atoms with E-state index in [1.54, 1.807) is 30.5 Å². The number of aliphatic hydroxyl groups is 1. The second kappa shape index (κ2) is 13.1. The Kier molecular flexibility index (Phi) is 9.40. The number of ether oxygens (including phenoxy) is 2. The van der Waals surface area contributed by atoms with E-state index in [1.165, 1.54) is 6.20 Å². The number of phenolic OH excluding ortho intramolecular Hbond substituents is 1. The molecule has 1 heterocycles. The number of pyridine rings is 1. The van der Waals surface area contributed by atoms with E-state index in [4.69, 9.17) is 31.4 Å². The van der Waals surface area contributed by atoms with Crippen molar-refractivity contribution in [1.29, 1.82) is 5.26 Å². The summed E-state index contributed by atoms with van der Waals surface area (Å²) in [4.78, 5) is 4.09. The predicted octanol–water partition coefficient (Wildman–Crippen LogP) is 5.84. The molecule has 0 saturated carbocycles. The van der Waals surface area contributed by atoms with Crippen LogP contribution in [0.4, 0.5) is 0 Å². The van der Waals surface area contributed by atoms with Crippen LogP contribution in [0.1, 0.15) is 33.4 Å². The summed E-state index contributed by atoms with van der Waals surface area (Å²) < 4.78 is 12.3. The minimum Gasteiger partial charge on any atom is -0.508 e. The van der Waals surface area contributed by atoms with Gasteiger partial charge >= 0.3 is 0 Å². The summed E-state index contributed by atoms with van der Waals surface area (Å²) in [5.74, 6) is 1.31. The Bertz CT molecular complexity index is 1500. The molecule has 0 radical (unpaired) electrons. The van der Waals surface area contributed by atoms with Crippen LogP contribution in [-0.2, 0) is 19.8 Å². The highest BCUT2D eigenvalue weighted by Crippen LogP contribution is 2.36. The molecule has 0 atom stereocenters. The van der Waals surface area contributed by atoms with E-state index in [9.17, 15) is 5.11 Å². The topological polar surface area (TPSA) is 108 Å². The van der Waals surface area contributed by atoms with Crippen molar-refractivity contribution < 1.29 is 19.7 Å². The van der Waals surface area contributed by atoms with Gasteiger partial charge in [-0.2, -0.15) is 5.26 Å². The van der Waals surface area contributed by atoms with E-state index in [0.29, 0.717) is 35.2 Å². The standard InChI is InChI=1S/C31H30ClN3O4/c1-20-24(5-3-6-26(20)27-7-4-8-29(37)21(27)2)19-39-31-13-30(25(12-28(31)32)17-34-9-10-36)38-18-23-11-22(14-33)15-35-16-23/h3-8,11-13,15-16,34,36-37H,9-10,17-19H2,1-2H3. The molecule has 3 aromatic carbocycles. The van der Waals surface area contributed by atoms with E-state index >= 15 is 0 Å². The number of halogens is 1. The smallest absolute Gasteiger partial charge is 0.142 e. The normalized spacial score (nSPS) is 10.7. The number of rotatable bonds is 11. The summed E-state index contributed by atoms with van der Waals surface area (Å²) >= 11 is 6.61. The van der Waals surface area contributed by atoms with Crippen molar-refractivity contribution >= 4 is 11.6 Å². The zero-order chi connectivity index (χ0) is 27.8. The van der Waals surface area contributed by atoms with E-state index in [-0.39, 0.29) is 25.6 Å². The Morgan fingerprint density at radius 3 is 2.44 bits per heavy atom. The number of hydrogen-bond acceptors (Lipinski definition) is 7. The monoisotopic (exact) mass is 543 g/mol. The molecule has 4 aromatic rings. The minimum atomic E-state index is 0.0122. The molecule has 0 fully saturated rings. The van der Waals surface area contributed by atoms with Gasteiger partial charge in [-0.1, -0.05) is 41.9 Å². The first-order chi connectivity index (χ1) is 18.9. The second-order valence-electron chi connectivity index (χ2n) is 9.10. The first kappa shape index (κ1) is 27.9. The molecular formula is C31H30ClN3O4. The van der Waals surface area contributed by atoms with E-state index in [2.05, 4.69) is 16.4 Å². The number of phenols is 1. The molecule has 0 saturated heterocycles. The summed E-state index contributed by atoms with van der Waals surface area (Å²) in [6.07, 6.45) is 3.16. The molecular weight excluding hydrogens is 514 g/mol. The molecule has 1 aromatic heterocycles. The molecule has 0 amide bonds. The van der Waals surface area contributed by atoms with Crippen molar-refractivity contribution in [2.45, 2.75) is 33.6 Å². The molecule has 0 aliphatic rings. The lowest BCUT2D eigenvalue weighted by atomic mass is 9.93. The van der Waals surface area contributed by atoms with Crippen LogP contribution in [0.2, 0.25) is 5.02 Å². The van der Waals surface area contributed by atoms with Gasteiger partial charge in [0.1, 0.15) is 36.5 Å². The Hall–Kier alpha value is -4.09. The number of nitrogens with one attached hydrogen (secondary N) is 1. The zero-order valence-corrected chi connectivity index (χ0v) is 22.6. The van der Waals surface area contributed by atoms with Crippen LogP contribution in [0.25, 0.3) is 11.1 Å². The van der Waals surface area contributed by atoms with Crippen LogP contribution >= 0.6 is 11.6 Å². The summed E-state index contributed by atoms with van der Waals surface area (Å²) in [6.45, 7) is 5.31. The molecule has 0 spiro atoms. The zero-order valence-electron chi connectivity index (χ0n) is 21.9. The fourth-order valence-electron chi connectivity index (χ4n) is 4.25. The molecule has 0 aliphatic heterocycles. The van der Waals surface area contributed by atoms with Crippen LogP contribution in [0, 0.1) is 25.2 Å². The number of benzene rings is 3. The predicted molar refractivity (Wildman–Crippen MR) is 151 cm³/mol. The van der Waals surface area contributed by atoms with Crippen LogP contribution in [0.5, 0.6) is 17.2 Å². The third-order valence-electron chi connectivity index (χ3n) is 6.46. The van der Waals surface area contributed by atoms with Crippen LogP contribution in [-0.4, -0.2) is 28.3 Å². The average Bonchev–Trinajstić information content (AvgIpc) is 2.94. The first-order valence-electron chi connectivity index (χ1n) is 12.5. The minimum absolute atomic E-state index is 0.0122. The molecule has 4 rings (SSSR count). The van der Waals surface area contributed by atoms with Crippen molar-refractivity contribution in [2.75, 3.05) is 13.2 Å². The van der Waals surface area contributed by atoms with Crippen LogP contribution in [0.3, 0.4) is 0 Å². The second-order valence-corrected chi connectivity index (χ2v) is 9.51. The van der Waals surface area contributed by atoms with Gasteiger partial charge < -0.3 is 25.0 Å². The maximum atomic E-state index is 10.2. The summed E-state index contributed by atoms with van der Waals surface area (Å²) in [5.41, 5.74) is 6.88. The summed E-state index contributed by atoms with van der Waals surface area (Å²) in [5, 5.41) is 32.1. The highest BCUT2D eigenvalue weighted by molar-refractivity contribution is 6.32. The summed E-state index contributed by atoms with van der Waals surface area (Å²) in [6, 6.07) is 18.9. The van der Waals surface area contributed by atoms with Gasteiger partial charge in [-0.3, -0.25) is 4.98 Å². The Labute approximate surface area is 233 Å². The van der Waals surface area contributed by atoms with E-state index in [1.807, 2.05) is 44.2 Å². The van der Waals surface area contributed by atoms with Crippen molar-refractivity contribution in [3.63, 3.8) is 0 Å². The van der Waals surface area contributed by atoms with E-state index in [0.717, 1.165) is 38.9 Å². The molecule has 8 heteroatoms. The fourth-order valence-corrected chi connectivity index (χ4v) is 4.49. The Balaban J connectivity index is 1.57. The van der Waals surface area contributed by atoms with Gasteiger partial charge in [-0.15, -0.1) is 0 Å². The van der Waals surface area contributed by atoms with Crippen molar-refractivity contribution in [3.8, 4) is 34.4 Å². The van der Waals surface area contributed by atoms with Crippen LogP contribution < -0.4 is 14.8 Å². The maximum Gasteiger partial charge on any atom is 0.142 e. The first-order valence-corrected chi connectivity index (χ1v) is 12.9. The van der Waals surface area contributed by atoms with Gasteiger partial charge in [0.05, 0.1) is 17.2 Å². The fraction of sp³-hybridized carbons (Fsp3) is 0.226. The SMILES string of the molecule is Cc1c(O)cccc1-c1cccc(COc2cc(OCc3cncc(C#N)c3)c(CNCCO)cc2Cl)c1C. The van der Waals surface area contributed by atoms with Crippen molar-refractivity contribution in [1.82, 2.24) is 10.3 Å².